The van der Waals surface area contributed by atoms with Gasteiger partial charge in [-0.15, -0.1) is 11.6 Å². The van der Waals surface area contributed by atoms with E-state index in [0.29, 0.717) is 0 Å². The maximum atomic E-state index is 9.67. The first kappa shape index (κ1) is 15.4. The van der Waals surface area contributed by atoms with Crippen LogP contribution in [-0.4, -0.2) is 16.6 Å². The highest BCUT2D eigenvalue weighted by Gasteiger charge is 2.13. The smallest absolute Gasteiger partial charge is 0.142 e. The van der Waals surface area contributed by atoms with Gasteiger partial charge in [-0.25, -0.2) is 0 Å². The molecule has 1 nitrogen and oxygen atoms in total. The molecule has 0 aromatic carbocycles. The zero-order valence-electron chi connectivity index (χ0n) is 11.0. The molecule has 2 unspecified atom stereocenters. The summed E-state index contributed by atoms with van der Waals surface area (Å²) in [5, 5.41) is 9.04. The lowest BCUT2D eigenvalue weighted by atomic mass is 9.96. The van der Waals surface area contributed by atoms with E-state index >= 15 is 0 Å². The number of hydrogen-bond donors (Lipinski definition) is 1. The van der Waals surface area contributed by atoms with E-state index in [0.717, 1.165) is 0 Å². The van der Waals surface area contributed by atoms with Crippen molar-refractivity contribution in [2.24, 2.45) is 10.8 Å². The predicted molar refractivity (Wildman–Crippen MR) is 70.1 cm³/mol. The lowest BCUT2D eigenvalue weighted by Crippen LogP contribution is -2.18. The van der Waals surface area contributed by atoms with Crippen molar-refractivity contribution in [2.75, 3.05) is 0 Å². The minimum absolute atomic E-state index is 0.107. The van der Waals surface area contributed by atoms with E-state index < -0.39 is 11.5 Å². The third-order valence-electron chi connectivity index (χ3n) is 1.46. The van der Waals surface area contributed by atoms with Gasteiger partial charge in [0.1, 0.15) is 11.5 Å². The van der Waals surface area contributed by atoms with Crippen molar-refractivity contribution in [1.29, 1.82) is 0 Å². The number of aliphatic hydroxyl groups excluding tert-OH is 1. The fourth-order valence-electron chi connectivity index (χ4n) is 0.728. The summed E-state index contributed by atoms with van der Waals surface area (Å²) in [6, 6.07) is 0. The average molecular weight is 241 g/mol. The molecule has 0 radical (unpaired) electrons. The Morgan fingerprint density at radius 1 is 0.875 bits per heavy atom. The largest absolute Gasteiger partial charge is 0.378 e. The Morgan fingerprint density at radius 3 is 1.62 bits per heavy atom. The van der Waals surface area contributed by atoms with E-state index in [1.165, 1.54) is 0 Å². The molecule has 0 amide bonds. The summed E-state index contributed by atoms with van der Waals surface area (Å²) >= 11 is 5.94. The number of halogens is 1. The second-order valence-electron chi connectivity index (χ2n) is 5.89. The van der Waals surface area contributed by atoms with Crippen molar-refractivity contribution in [2.45, 2.75) is 53.0 Å². The molecule has 0 aromatic heterocycles. The number of rotatable bonds is 1. The first-order valence-electron chi connectivity index (χ1n) is 5.39. The molecule has 0 bridgehead atoms. The van der Waals surface area contributed by atoms with Crippen LogP contribution in [0, 0.1) is 34.5 Å². The molecule has 0 aliphatic heterocycles. The molecule has 2 atom stereocenters. The number of alkyl halides is 1. The van der Waals surface area contributed by atoms with Crippen LogP contribution in [0.15, 0.2) is 0 Å². The summed E-state index contributed by atoms with van der Waals surface area (Å²) in [7, 11) is 0. The van der Waals surface area contributed by atoms with Gasteiger partial charge in [0.05, 0.1) is 0 Å². The van der Waals surface area contributed by atoms with Gasteiger partial charge in [0.15, 0.2) is 0 Å². The highest BCUT2D eigenvalue weighted by molar-refractivity contribution is 6.23. The summed E-state index contributed by atoms with van der Waals surface area (Å²) in [6.45, 7) is 11.9. The summed E-state index contributed by atoms with van der Waals surface area (Å²) in [5.41, 5.74) is -0.237. The summed E-state index contributed by atoms with van der Waals surface area (Å²) in [6.07, 6.45) is -0.893. The van der Waals surface area contributed by atoms with Crippen LogP contribution < -0.4 is 0 Å². The fraction of sp³-hybridized carbons (Fsp3) is 0.714. The van der Waals surface area contributed by atoms with Gasteiger partial charge >= 0.3 is 0 Å². The van der Waals surface area contributed by atoms with Crippen molar-refractivity contribution >= 4 is 11.6 Å². The van der Waals surface area contributed by atoms with E-state index in [-0.39, 0.29) is 10.8 Å². The first-order valence-corrected chi connectivity index (χ1v) is 5.82. The number of aliphatic hydroxyl groups is 1. The van der Waals surface area contributed by atoms with Gasteiger partial charge in [-0.05, 0) is 41.5 Å². The lowest BCUT2D eigenvalue weighted by Gasteiger charge is -2.11. The lowest BCUT2D eigenvalue weighted by molar-refractivity contribution is 0.241. The molecule has 0 saturated carbocycles. The van der Waals surface area contributed by atoms with Crippen LogP contribution >= 0.6 is 11.6 Å². The molecule has 0 saturated heterocycles. The molecule has 0 fully saturated rings. The topological polar surface area (TPSA) is 20.2 Å². The maximum absolute atomic E-state index is 9.67. The minimum atomic E-state index is -0.893. The normalized spacial score (nSPS) is 15.2. The van der Waals surface area contributed by atoms with Crippen LogP contribution in [0.3, 0.4) is 0 Å². The highest BCUT2D eigenvalue weighted by Crippen LogP contribution is 2.13. The van der Waals surface area contributed by atoms with E-state index in [4.69, 9.17) is 11.6 Å². The molecule has 1 N–H and O–H groups in total. The maximum Gasteiger partial charge on any atom is 0.142 e. The molecule has 16 heavy (non-hydrogen) atoms. The molecule has 90 valence electrons. The molecule has 0 heterocycles. The van der Waals surface area contributed by atoms with Crippen molar-refractivity contribution in [3.05, 3.63) is 0 Å². The predicted octanol–water partition coefficient (Wildman–Crippen LogP) is 3.05. The average Bonchev–Trinajstić information content (AvgIpc) is 2.07. The van der Waals surface area contributed by atoms with Crippen molar-refractivity contribution in [3.8, 4) is 23.7 Å². The molecule has 2 heteroatoms. The molecule has 0 aromatic rings. The van der Waals surface area contributed by atoms with Crippen LogP contribution in [0.1, 0.15) is 41.5 Å². The van der Waals surface area contributed by atoms with Gasteiger partial charge in [-0.2, -0.15) is 0 Å². The molecule has 0 rings (SSSR count). The van der Waals surface area contributed by atoms with E-state index in [1.54, 1.807) is 0 Å². The minimum Gasteiger partial charge on any atom is -0.378 e. The summed E-state index contributed by atoms with van der Waals surface area (Å²) in [5.74, 6) is 11.5. The third-order valence-corrected chi connectivity index (χ3v) is 1.81. The highest BCUT2D eigenvalue weighted by atomic mass is 35.5. The molecule has 0 spiro atoms. The van der Waals surface area contributed by atoms with Gasteiger partial charge in [0, 0.05) is 10.8 Å². The summed E-state index contributed by atoms with van der Waals surface area (Å²) in [4.78, 5) is 0. The van der Waals surface area contributed by atoms with Crippen LogP contribution in [0.25, 0.3) is 0 Å². The fourth-order valence-corrected chi connectivity index (χ4v) is 0.846. The second kappa shape index (κ2) is 5.62. The van der Waals surface area contributed by atoms with E-state index in [1.807, 2.05) is 41.5 Å². The zero-order chi connectivity index (χ0) is 13.0. The zero-order valence-corrected chi connectivity index (χ0v) is 11.7. The van der Waals surface area contributed by atoms with Crippen molar-refractivity contribution in [1.82, 2.24) is 0 Å². The van der Waals surface area contributed by atoms with Gasteiger partial charge in [-0.3, -0.25) is 0 Å². The van der Waals surface area contributed by atoms with E-state index in [9.17, 15) is 5.11 Å². The second-order valence-corrected chi connectivity index (χ2v) is 6.36. The Bertz CT molecular complexity index is 299. The van der Waals surface area contributed by atoms with Crippen LogP contribution in [-0.2, 0) is 0 Å². The van der Waals surface area contributed by atoms with Crippen LogP contribution in [0.2, 0.25) is 0 Å². The standard InChI is InChI=1S/C14H21ClO/c1-13(2,3)9-7-11(15)12(16)8-10-14(4,5)6/h11-12,16H,1-6H3. The van der Waals surface area contributed by atoms with Crippen LogP contribution in [0.4, 0.5) is 0 Å². The van der Waals surface area contributed by atoms with Gasteiger partial charge in [0.2, 0.25) is 0 Å². The summed E-state index contributed by atoms with van der Waals surface area (Å²) < 4.78 is 0. The molecular formula is C14H21ClO. The van der Waals surface area contributed by atoms with Crippen molar-refractivity contribution in [3.63, 3.8) is 0 Å². The third kappa shape index (κ3) is 8.66. The Hall–Kier alpha value is -0.630. The molecule has 0 aliphatic carbocycles. The Balaban J connectivity index is 4.55. The molecule has 0 aliphatic rings. The van der Waals surface area contributed by atoms with Gasteiger partial charge in [0.25, 0.3) is 0 Å². The van der Waals surface area contributed by atoms with Gasteiger partial charge < -0.3 is 5.11 Å². The monoisotopic (exact) mass is 240 g/mol. The first-order chi connectivity index (χ1) is 7.01. The molecular weight excluding hydrogens is 220 g/mol. The SMILES string of the molecule is CC(C)(C)C#CC(O)C(Cl)C#CC(C)(C)C. The number of hydrogen-bond acceptors (Lipinski definition) is 1. The Kier molecular flexibility index (Phi) is 5.40. The van der Waals surface area contributed by atoms with E-state index in [2.05, 4.69) is 23.7 Å². The Morgan fingerprint density at radius 2 is 1.25 bits per heavy atom. The van der Waals surface area contributed by atoms with Crippen molar-refractivity contribution < 1.29 is 5.11 Å². The Labute approximate surface area is 105 Å². The quantitative estimate of drug-likeness (QED) is 0.552. The van der Waals surface area contributed by atoms with Gasteiger partial charge in [-0.1, -0.05) is 23.7 Å². The van der Waals surface area contributed by atoms with Crippen LogP contribution in [0.5, 0.6) is 0 Å².